The fraction of sp³-hybridized carbons (Fsp3) is 0.111. The smallest absolute Gasteiger partial charge is 0.346 e. The molecule has 0 spiro atoms. The number of hydrogen-bond acceptors (Lipinski definition) is 7. The molecule has 0 saturated carbocycles. The van der Waals surface area contributed by atoms with Crippen molar-refractivity contribution in [1.82, 2.24) is 9.66 Å². The maximum Gasteiger partial charge on any atom is 0.346 e. The van der Waals surface area contributed by atoms with Crippen LogP contribution in [-0.4, -0.2) is 35.1 Å². The molecule has 37 heavy (non-hydrogen) atoms. The van der Waals surface area contributed by atoms with Crippen molar-refractivity contribution in [3.8, 4) is 17.3 Å². The molecule has 0 aliphatic carbocycles. The van der Waals surface area contributed by atoms with Gasteiger partial charge in [0.2, 0.25) is 5.82 Å². The lowest BCUT2D eigenvalue weighted by Gasteiger charge is -2.14. The van der Waals surface area contributed by atoms with E-state index < -0.39 is 12.1 Å². The van der Waals surface area contributed by atoms with Gasteiger partial charge in [0.25, 0.3) is 5.56 Å². The Morgan fingerprint density at radius 2 is 1.97 bits per heavy atom. The van der Waals surface area contributed by atoms with Crippen LogP contribution in [-0.2, 0) is 9.53 Å². The number of halogens is 2. The van der Waals surface area contributed by atoms with Gasteiger partial charge in [-0.05, 0) is 89.7 Å². The molecule has 0 N–H and O–H groups in total. The molecule has 0 amide bonds. The number of benzene rings is 3. The fourth-order valence-corrected chi connectivity index (χ4v) is 4.58. The molecule has 0 bridgehead atoms. The van der Waals surface area contributed by atoms with Crippen molar-refractivity contribution in [2.75, 3.05) is 7.11 Å². The van der Waals surface area contributed by atoms with Crippen LogP contribution in [0.1, 0.15) is 12.5 Å². The van der Waals surface area contributed by atoms with Crippen LogP contribution in [0.4, 0.5) is 0 Å². The highest BCUT2D eigenvalue weighted by atomic mass is 127. The number of aromatic nitrogens is 2. The second-order valence-electron chi connectivity index (χ2n) is 8.08. The molecule has 0 fully saturated rings. The summed E-state index contributed by atoms with van der Waals surface area (Å²) in [5.74, 6) is 0.702. The number of furan rings is 1. The van der Waals surface area contributed by atoms with Gasteiger partial charge in [-0.1, -0.05) is 23.7 Å². The van der Waals surface area contributed by atoms with E-state index in [-0.39, 0.29) is 11.4 Å². The highest BCUT2D eigenvalue weighted by molar-refractivity contribution is 14.1. The Bertz CT molecular complexity index is 1740. The number of fused-ring (bicyclic) bond motifs is 2. The Morgan fingerprint density at radius 1 is 1.16 bits per heavy atom. The summed E-state index contributed by atoms with van der Waals surface area (Å²) >= 11 is 8.24. The van der Waals surface area contributed by atoms with Gasteiger partial charge in [0.15, 0.2) is 11.9 Å². The average Bonchev–Trinajstić information content (AvgIpc) is 3.32. The van der Waals surface area contributed by atoms with Crippen LogP contribution in [0.3, 0.4) is 0 Å². The Morgan fingerprint density at radius 3 is 2.76 bits per heavy atom. The lowest BCUT2D eigenvalue weighted by Crippen LogP contribution is -2.25. The largest absolute Gasteiger partial charge is 0.478 e. The topological polar surface area (TPSA) is 95.9 Å². The van der Waals surface area contributed by atoms with Gasteiger partial charge in [0, 0.05) is 10.4 Å². The fourth-order valence-electron chi connectivity index (χ4n) is 3.74. The SMILES string of the molecule is COC(=O)[C@H](C)Oc1ccc(C=Nn2c(-c3cc4cc(Cl)ccc4o3)nc3ccccc3c2=O)cc1I. The van der Waals surface area contributed by atoms with E-state index in [0.717, 1.165) is 8.96 Å². The molecule has 10 heteroatoms. The zero-order valence-electron chi connectivity index (χ0n) is 19.6. The zero-order valence-corrected chi connectivity index (χ0v) is 22.6. The van der Waals surface area contributed by atoms with Gasteiger partial charge in [-0.3, -0.25) is 4.79 Å². The predicted molar refractivity (Wildman–Crippen MR) is 150 cm³/mol. The van der Waals surface area contributed by atoms with Crippen molar-refractivity contribution in [3.63, 3.8) is 0 Å². The molecule has 3 aromatic carbocycles. The Labute approximate surface area is 229 Å². The number of methoxy groups -OCH3 is 1. The van der Waals surface area contributed by atoms with E-state index in [9.17, 15) is 9.59 Å². The normalized spacial score (nSPS) is 12.3. The van der Waals surface area contributed by atoms with E-state index in [1.807, 2.05) is 12.1 Å². The minimum Gasteiger partial charge on any atom is -0.478 e. The van der Waals surface area contributed by atoms with Gasteiger partial charge < -0.3 is 13.9 Å². The molecule has 8 nitrogen and oxygen atoms in total. The number of para-hydroxylation sites is 1. The van der Waals surface area contributed by atoms with Gasteiger partial charge in [0.05, 0.1) is 27.8 Å². The molecule has 2 heterocycles. The third-order valence-corrected chi connectivity index (χ3v) is 6.65. The Balaban J connectivity index is 1.56. The van der Waals surface area contributed by atoms with Crippen molar-refractivity contribution in [3.05, 3.63) is 91.2 Å². The quantitative estimate of drug-likeness (QED) is 0.132. The van der Waals surface area contributed by atoms with Crippen molar-refractivity contribution in [2.45, 2.75) is 13.0 Å². The average molecular weight is 628 g/mol. The predicted octanol–water partition coefficient (Wildman–Crippen LogP) is 5.89. The molecule has 0 radical (unpaired) electrons. The minimum atomic E-state index is -0.749. The number of ether oxygens (including phenoxy) is 2. The maximum atomic E-state index is 13.4. The molecular formula is C27H19ClIN3O5. The molecule has 0 saturated heterocycles. The van der Waals surface area contributed by atoms with E-state index in [1.54, 1.807) is 67.7 Å². The second-order valence-corrected chi connectivity index (χ2v) is 9.68. The summed E-state index contributed by atoms with van der Waals surface area (Å²) in [5, 5.41) is 6.26. The first-order chi connectivity index (χ1) is 17.8. The number of esters is 1. The van der Waals surface area contributed by atoms with E-state index in [1.165, 1.54) is 11.8 Å². The summed E-state index contributed by atoms with van der Waals surface area (Å²) in [5.41, 5.74) is 1.52. The molecule has 1 atom stereocenters. The minimum absolute atomic E-state index is 0.258. The summed E-state index contributed by atoms with van der Waals surface area (Å²) in [6.07, 6.45) is 0.804. The molecule has 0 aliphatic heterocycles. The van der Waals surface area contributed by atoms with Crippen LogP contribution >= 0.6 is 34.2 Å². The van der Waals surface area contributed by atoms with Crippen molar-refractivity contribution in [1.29, 1.82) is 0 Å². The summed E-state index contributed by atoms with van der Waals surface area (Å²) in [7, 11) is 1.31. The third kappa shape index (κ3) is 5.09. The molecule has 5 rings (SSSR count). The van der Waals surface area contributed by atoms with E-state index in [2.05, 4.69) is 32.7 Å². The molecule has 5 aromatic rings. The highest BCUT2D eigenvalue weighted by Gasteiger charge is 2.18. The number of hydrogen-bond donors (Lipinski definition) is 0. The summed E-state index contributed by atoms with van der Waals surface area (Å²) < 4.78 is 18.4. The number of rotatable bonds is 6. The van der Waals surface area contributed by atoms with Crippen LogP contribution in [0.5, 0.6) is 5.75 Å². The standard InChI is InChI=1S/C27H19ClIN3O5/c1-15(27(34)35-2)36-23-9-7-16(11-20(23)29)14-30-32-25(31-21-6-4-3-5-19(21)26(32)33)24-13-17-12-18(28)8-10-22(17)37-24/h3-15H,1-2H3/t15-/m0/s1. The first-order valence-corrected chi connectivity index (χ1v) is 12.6. The zero-order chi connectivity index (χ0) is 26.1. The van der Waals surface area contributed by atoms with E-state index in [4.69, 9.17) is 25.5 Å². The summed E-state index contributed by atoms with van der Waals surface area (Å²) in [6, 6.07) is 19.5. The van der Waals surface area contributed by atoms with Gasteiger partial charge in [0.1, 0.15) is 11.3 Å². The van der Waals surface area contributed by atoms with Gasteiger partial charge in [-0.25, -0.2) is 9.78 Å². The molecule has 0 aliphatic rings. The van der Waals surface area contributed by atoms with Crippen LogP contribution in [0, 0.1) is 3.57 Å². The number of nitrogens with zero attached hydrogens (tertiary/aromatic N) is 3. The van der Waals surface area contributed by atoms with E-state index >= 15 is 0 Å². The highest BCUT2D eigenvalue weighted by Crippen LogP contribution is 2.29. The summed E-state index contributed by atoms with van der Waals surface area (Å²) in [6.45, 7) is 1.62. The lowest BCUT2D eigenvalue weighted by atomic mass is 10.2. The first kappa shape index (κ1) is 25.0. The van der Waals surface area contributed by atoms with Crippen molar-refractivity contribution in [2.24, 2.45) is 5.10 Å². The summed E-state index contributed by atoms with van der Waals surface area (Å²) in [4.78, 5) is 29.8. The number of carbonyl (C=O) groups excluding carboxylic acids is 1. The number of carbonyl (C=O) groups is 1. The Hall–Kier alpha value is -3.70. The Kier molecular flexibility index (Phi) is 6.98. The lowest BCUT2D eigenvalue weighted by molar-refractivity contribution is -0.147. The maximum absolute atomic E-state index is 13.4. The van der Waals surface area contributed by atoms with Crippen molar-refractivity contribution >= 4 is 68.2 Å². The van der Waals surface area contributed by atoms with Crippen LogP contribution in [0.15, 0.2) is 81.0 Å². The van der Waals surface area contributed by atoms with Crippen molar-refractivity contribution < 1.29 is 18.7 Å². The van der Waals surface area contributed by atoms with Crippen LogP contribution in [0.25, 0.3) is 33.5 Å². The first-order valence-electron chi connectivity index (χ1n) is 11.1. The molecule has 2 aromatic heterocycles. The van der Waals surface area contributed by atoms with Crippen LogP contribution < -0.4 is 10.3 Å². The molecular weight excluding hydrogens is 609 g/mol. The van der Waals surface area contributed by atoms with Gasteiger partial charge in [-0.15, -0.1) is 0 Å². The van der Waals surface area contributed by atoms with E-state index in [0.29, 0.717) is 38.6 Å². The molecule has 0 unspecified atom stereocenters. The van der Waals surface area contributed by atoms with Gasteiger partial charge >= 0.3 is 5.97 Å². The van der Waals surface area contributed by atoms with Crippen LogP contribution in [0.2, 0.25) is 5.02 Å². The monoisotopic (exact) mass is 627 g/mol. The molecule has 186 valence electrons. The van der Waals surface area contributed by atoms with Gasteiger partial charge in [-0.2, -0.15) is 9.78 Å². The second kappa shape index (κ2) is 10.3. The third-order valence-electron chi connectivity index (χ3n) is 5.57.